The Morgan fingerprint density at radius 1 is 1.29 bits per heavy atom. The monoisotopic (exact) mass is 340 g/mol. The van der Waals surface area contributed by atoms with Gasteiger partial charge in [-0.2, -0.15) is 0 Å². The second kappa shape index (κ2) is 10.6. The van der Waals surface area contributed by atoms with Gasteiger partial charge in [0, 0.05) is 0 Å². The molecule has 2 unspecified atom stereocenters. The fraction of sp³-hybridized carbons (Fsp3) is 0.737. The SMILES string of the molecule is CCOC(=O)C(C(C)C)C(O)/C=C(\C)CC/C=C(\C)C1OCCO1. The molecule has 0 aromatic heterocycles. The van der Waals surface area contributed by atoms with Crippen LogP contribution in [0.15, 0.2) is 23.3 Å². The molecule has 0 aromatic rings. The predicted octanol–water partition coefficient (Wildman–Crippen LogP) is 3.23. The first kappa shape index (κ1) is 20.9. The first-order valence-electron chi connectivity index (χ1n) is 8.78. The number of carbonyl (C=O) groups is 1. The van der Waals surface area contributed by atoms with E-state index in [1.54, 1.807) is 13.0 Å². The van der Waals surface area contributed by atoms with E-state index in [2.05, 4.69) is 6.08 Å². The van der Waals surface area contributed by atoms with Gasteiger partial charge in [0.1, 0.15) is 0 Å². The summed E-state index contributed by atoms with van der Waals surface area (Å²) in [6.07, 6.45) is 4.49. The second-order valence-corrected chi connectivity index (χ2v) is 6.59. The topological polar surface area (TPSA) is 65.0 Å². The molecule has 1 aliphatic rings. The highest BCUT2D eigenvalue weighted by atomic mass is 16.7. The molecule has 0 aromatic carbocycles. The van der Waals surface area contributed by atoms with Gasteiger partial charge >= 0.3 is 5.97 Å². The van der Waals surface area contributed by atoms with E-state index in [1.165, 1.54) is 0 Å². The molecule has 2 atom stereocenters. The molecular formula is C19H32O5. The van der Waals surface area contributed by atoms with E-state index in [0.717, 1.165) is 24.0 Å². The van der Waals surface area contributed by atoms with Crippen molar-refractivity contribution >= 4 is 5.97 Å². The Kier molecular flexibility index (Phi) is 9.26. The Hall–Kier alpha value is -1.17. The number of aliphatic hydroxyl groups excluding tert-OH is 1. The number of esters is 1. The Balaban J connectivity index is 2.56. The highest BCUT2D eigenvalue weighted by Gasteiger charge is 2.29. The fourth-order valence-corrected chi connectivity index (χ4v) is 2.77. The standard InChI is InChI=1S/C19H32O5/c1-6-22-18(21)17(13(2)3)16(20)12-14(4)8-7-9-15(5)19-23-10-11-24-19/h9,12-13,16-17,19-20H,6-8,10-11H2,1-5H3/b14-12+,15-9+. The van der Waals surface area contributed by atoms with E-state index in [9.17, 15) is 9.90 Å². The maximum absolute atomic E-state index is 12.0. The van der Waals surface area contributed by atoms with Gasteiger partial charge < -0.3 is 19.3 Å². The lowest BCUT2D eigenvalue weighted by Crippen LogP contribution is -2.33. The summed E-state index contributed by atoms with van der Waals surface area (Å²) in [6, 6.07) is 0. The largest absolute Gasteiger partial charge is 0.466 e. The summed E-state index contributed by atoms with van der Waals surface area (Å²) in [5.74, 6) is -0.852. The van der Waals surface area contributed by atoms with Crippen LogP contribution >= 0.6 is 0 Å². The molecule has 0 bridgehead atoms. The Labute approximate surface area is 145 Å². The average Bonchev–Trinajstić information content (AvgIpc) is 3.01. The number of hydrogen-bond acceptors (Lipinski definition) is 5. The zero-order valence-corrected chi connectivity index (χ0v) is 15.6. The van der Waals surface area contributed by atoms with Crippen molar-refractivity contribution in [2.75, 3.05) is 19.8 Å². The molecule has 1 N–H and O–H groups in total. The van der Waals surface area contributed by atoms with E-state index in [1.807, 2.05) is 27.7 Å². The molecule has 0 amide bonds. The van der Waals surface area contributed by atoms with Crippen LogP contribution in [0.2, 0.25) is 0 Å². The van der Waals surface area contributed by atoms with Crippen molar-refractivity contribution in [2.24, 2.45) is 11.8 Å². The summed E-state index contributed by atoms with van der Waals surface area (Å²) in [4.78, 5) is 12.0. The zero-order valence-electron chi connectivity index (χ0n) is 15.6. The van der Waals surface area contributed by atoms with Crippen molar-refractivity contribution in [1.82, 2.24) is 0 Å². The molecule has 0 spiro atoms. The first-order chi connectivity index (χ1) is 11.4. The van der Waals surface area contributed by atoms with E-state index in [0.29, 0.717) is 19.8 Å². The van der Waals surface area contributed by atoms with Crippen molar-refractivity contribution in [3.8, 4) is 0 Å². The van der Waals surface area contributed by atoms with Crippen LogP contribution in [0, 0.1) is 11.8 Å². The fourth-order valence-electron chi connectivity index (χ4n) is 2.77. The van der Waals surface area contributed by atoms with Gasteiger partial charge in [-0.3, -0.25) is 4.79 Å². The summed E-state index contributed by atoms with van der Waals surface area (Å²) >= 11 is 0. The summed E-state index contributed by atoms with van der Waals surface area (Å²) < 4.78 is 16.0. The number of aliphatic hydroxyl groups is 1. The van der Waals surface area contributed by atoms with Crippen LogP contribution in [0.4, 0.5) is 0 Å². The van der Waals surface area contributed by atoms with E-state index in [4.69, 9.17) is 14.2 Å². The van der Waals surface area contributed by atoms with Gasteiger partial charge in [0.05, 0.1) is 31.8 Å². The minimum atomic E-state index is -0.823. The van der Waals surface area contributed by atoms with Gasteiger partial charge in [0.15, 0.2) is 6.29 Å². The molecule has 1 fully saturated rings. The minimum absolute atomic E-state index is 0.0157. The molecule has 5 heteroatoms. The highest BCUT2D eigenvalue weighted by molar-refractivity contribution is 5.73. The predicted molar refractivity (Wildman–Crippen MR) is 93.4 cm³/mol. The van der Waals surface area contributed by atoms with Crippen LogP contribution in [0.25, 0.3) is 0 Å². The molecule has 24 heavy (non-hydrogen) atoms. The molecule has 138 valence electrons. The molecule has 1 rings (SSSR count). The summed E-state index contributed by atoms with van der Waals surface area (Å²) in [5.41, 5.74) is 2.13. The Morgan fingerprint density at radius 2 is 1.92 bits per heavy atom. The van der Waals surface area contributed by atoms with Crippen LogP contribution < -0.4 is 0 Å². The van der Waals surface area contributed by atoms with Crippen molar-refractivity contribution in [1.29, 1.82) is 0 Å². The first-order valence-corrected chi connectivity index (χ1v) is 8.78. The van der Waals surface area contributed by atoms with Crippen molar-refractivity contribution in [2.45, 2.75) is 59.9 Å². The molecule has 1 aliphatic heterocycles. The zero-order chi connectivity index (χ0) is 18.1. The van der Waals surface area contributed by atoms with Gasteiger partial charge in [0.2, 0.25) is 0 Å². The van der Waals surface area contributed by atoms with Gasteiger partial charge in [-0.15, -0.1) is 0 Å². The van der Waals surface area contributed by atoms with Crippen LogP contribution in [0.1, 0.15) is 47.5 Å². The normalized spacial score (nSPS) is 19.6. The lowest BCUT2D eigenvalue weighted by molar-refractivity contribution is -0.153. The maximum atomic E-state index is 12.0. The van der Waals surface area contributed by atoms with Crippen LogP contribution in [-0.2, 0) is 19.0 Å². The van der Waals surface area contributed by atoms with Gasteiger partial charge in [-0.05, 0) is 45.1 Å². The Morgan fingerprint density at radius 3 is 2.46 bits per heavy atom. The van der Waals surface area contributed by atoms with Crippen LogP contribution in [-0.4, -0.2) is 43.3 Å². The van der Waals surface area contributed by atoms with Gasteiger partial charge in [0.25, 0.3) is 0 Å². The number of hydrogen-bond donors (Lipinski definition) is 1. The third kappa shape index (κ3) is 6.75. The van der Waals surface area contributed by atoms with Gasteiger partial charge in [-0.1, -0.05) is 31.6 Å². The molecule has 0 radical (unpaired) electrons. The van der Waals surface area contributed by atoms with Crippen molar-refractivity contribution in [3.63, 3.8) is 0 Å². The van der Waals surface area contributed by atoms with Crippen molar-refractivity contribution in [3.05, 3.63) is 23.3 Å². The second-order valence-electron chi connectivity index (χ2n) is 6.59. The average molecular weight is 340 g/mol. The number of allylic oxidation sites excluding steroid dienone is 2. The number of carbonyl (C=O) groups excluding carboxylic acids is 1. The molecular weight excluding hydrogens is 308 g/mol. The summed E-state index contributed by atoms with van der Waals surface area (Å²) in [5, 5.41) is 10.4. The summed E-state index contributed by atoms with van der Waals surface area (Å²) in [6.45, 7) is 11.2. The molecule has 5 nitrogen and oxygen atoms in total. The summed E-state index contributed by atoms with van der Waals surface area (Å²) in [7, 11) is 0. The van der Waals surface area contributed by atoms with Crippen molar-refractivity contribution < 1.29 is 24.1 Å². The van der Waals surface area contributed by atoms with Gasteiger partial charge in [-0.25, -0.2) is 0 Å². The van der Waals surface area contributed by atoms with Crippen LogP contribution in [0.3, 0.4) is 0 Å². The van der Waals surface area contributed by atoms with Crippen LogP contribution in [0.5, 0.6) is 0 Å². The molecule has 1 heterocycles. The lowest BCUT2D eigenvalue weighted by atomic mass is 9.89. The lowest BCUT2D eigenvalue weighted by Gasteiger charge is -2.23. The molecule has 0 aliphatic carbocycles. The number of ether oxygens (including phenoxy) is 3. The number of rotatable bonds is 9. The maximum Gasteiger partial charge on any atom is 0.312 e. The molecule has 1 saturated heterocycles. The van der Waals surface area contributed by atoms with E-state index in [-0.39, 0.29) is 18.2 Å². The highest BCUT2D eigenvalue weighted by Crippen LogP contribution is 2.21. The minimum Gasteiger partial charge on any atom is -0.466 e. The van der Waals surface area contributed by atoms with E-state index < -0.39 is 12.0 Å². The Bertz CT molecular complexity index is 447. The smallest absolute Gasteiger partial charge is 0.312 e. The third-order valence-electron chi connectivity index (χ3n) is 4.10. The van der Waals surface area contributed by atoms with E-state index >= 15 is 0 Å². The third-order valence-corrected chi connectivity index (χ3v) is 4.10. The quantitative estimate of drug-likeness (QED) is 0.516. The molecule has 0 saturated carbocycles.